The largest absolute Gasteiger partial charge is 0.507 e. The van der Waals surface area contributed by atoms with Gasteiger partial charge in [0.2, 0.25) is 0 Å². The Kier molecular flexibility index (Phi) is 6.48. The number of fused-ring (bicyclic) bond motifs is 2. The molecule has 0 fully saturated rings. The van der Waals surface area contributed by atoms with Gasteiger partial charge in [-0.1, -0.05) is 24.3 Å². The van der Waals surface area contributed by atoms with Crippen LogP contribution < -0.4 is 10.2 Å². The number of ketones is 2. The third-order valence-corrected chi connectivity index (χ3v) is 5.10. The van der Waals surface area contributed by atoms with E-state index in [1.165, 1.54) is 18.2 Å². The average Bonchev–Trinajstić information content (AvgIpc) is 2.71. The Balaban J connectivity index is 1.79. The number of carbonyl (C=O) groups excluding carboxylic acids is 2. The highest BCUT2D eigenvalue weighted by Crippen LogP contribution is 2.42. The lowest BCUT2D eigenvalue weighted by molar-refractivity contribution is -0.900. The first kappa shape index (κ1) is 20.8. The van der Waals surface area contributed by atoms with Crippen LogP contribution in [0.15, 0.2) is 30.3 Å². The predicted molar refractivity (Wildman–Crippen MR) is 106 cm³/mol. The van der Waals surface area contributed by atoms with Gasteiger partial charge in [-0.05, 0) is 0 Å². The SMILES string of the molecule is O=C1c2ccccc2C(=O)c2c(O)c(NCCC[NH+](CCO)CCO)cc(O)c21. The fourth-order valence-corrected chi connectivity index (χ4v) is 3.65. The van der Waals surface area contributed by atoms with E-state index in [4.69, 9.17) is 10.2 Å². The van der Waals surface area contributed by atoms with E-state index in [2.05, 4.69) is 5.32 Å². The molecule has 0 saturated heterocycles. The molecule has 0 unspecified atom stereocenters. The predicted octanol–water partition coefficient (Wildman–Crippen LogP) is -0.455. The number of benzene rings is 2. The summed E-state index contributed by atoms with van der Waals surface area (Å²) < 4.78 is 0. The van der Waals surface area contributed by atoms with Crippen LogP contribution in [-0.4, -0.2) is 71.4 Å². The second-order valence-electron chi connectivity index (χ2n) is 6.97. The Morgan fingerprint density at radius 2 is 1.45 bits per heavy atom. The van der Waals surface area contributed by atoms with Crippen molar-refractivity contribution in [2.45, 2.75) is 6.42 Å². The van der Waals surface area contributed by atoms with Crippen LogP contribution in [-0.2, 0) is 0 Å². The van der Waals surface area contributed by atoms with Gasteiger partial charge in [-0.3, -0.25) is 9.59 Å². The maximum atomic E-state index is 12.8. The van der Waals surface area contributed by atoms with Gasteiger partial charge in [0.25, 0.3) is 0 Å². The fourth-order valence-electron chi connectivity index (χ4n) is 3.65. The minimum absolute atomic E-state index is 0.0276. The van der Waals surface area contributed by atoms with Gasteiger partial charge >= 0.3 is 0 Å². The summed E-state index contributed by atoms with van der Waals surface area (Å²) in [5.41, 5.74) is 0.204. The first-order chi connectivity index (χ1) is 14.0. The molecule has 3 rings (SSSR count). The van der Waals surface area contributed by atoms with Crippen molar-refractivity contribution in [1.82, 2.24) is 0 Å². The van der Waals surface area contributed by atoms with Gasteiger partial charge in [0, 0.05) is 30.2 Å². The van der Waals surface area contributed by atoms with Gasteiger partial charge < -0.3 is 30.6 Å². The van der Waals surface area contributed by atoms with Crippen molar-refractivity contribution in [3.8, 4) is 11.5 Å². The van der Waals surface area contributed by atoms with Crippen molar-refractivity contribution in [2.24, 2.45) is 0 Å². The molecule has 0 spiro atoms. The van der Waals surface area contributed by atoms with Gasteiger partial charge in [0.05, 0.1) is 36.6 Å². The quantitative estimate of drug-likeness (QED) is 0.163. The van der Waals surface area contributed by atoms with Crippen molar-refractivity contribution < 1.29 is 34.9 Å². The van der Waals surface area contributed by atoms with Crippen molar-refractivity contribution in [3.63, 3.8) is 0 Å². The second kappa shape index (κ2) is 9.04. The molecule has 1 aliphatic rings. The highest BCUT2D eigenvalue weighted by molar-refractivity contribution is 6.30. The normalized spacial score (nSPS) is 12.8. The highest BCUT2D eigenvalue weighted by Gasteiger charge is 2.35. The first-order valence-electron chi connectivity index (χ1n) is 9.56. The van der Waals surface area contributed by atoms with E-state index in [0.717, 1.165) is 4.90 Å². The Hall–Kier alpha value is -2.94. The molecule has 2 aromatic rings. The number of quaternary nitrogens is 1. The number of nitrogens with one attached hydrogen (secondary N) is 2. The number of aromatic hydroxyl groups is 2. The van der Waals surface area contributed by atoms with E-state index in [9.17, 15) is 19.8 Å². The monoisotopic (exact) mass is 401 g/mol. The maximum Gasteiger partial charge on any atom is 0.198 e. The number of aliphatic hydroxyl groups excluding tert-OH is 2. The molecule has 0 aliphatic heterocycles. The molecule has 6 N–H and O–H groups in total. The van der Waals surface area contributed by atoms with Crippen molar-refractivity contribution >= 4 is 17.3 Å². The van der Waals surface area contributed by atoms with Crippen molar-refractivity contribution in [1.29, 1.82) is 0 Å². The summed E-state index contributed by atoms with van der Waals surface area (Å²) in [6.07, 6.45) is 0.669. The van der Waals surface area contributed by atoms with Crippen LogP contribution in [0.2, 0.25) is 0 Å². The van der Waals surface area contributed by atoms with Crippen molar-refractivity contribution in [3.05, 3.63) is 52.6 Å². The smallest absolute Gasteiger partial charge is 0.198 e. The number of phenols is 2. The first-order valence-corrected chi connectivity index (χ1v) is 9.56. The standard InChI is InChI=1S/C21H24N2O6/c24-10-8-23(9-11-25)7-3-6-22-15-12-16(26)17-18(21(15)29)20(28)14-5-2-1-4-13(14)19(17)27/h1-2,4-5,12,22,24-26,29H,3,6-11H2/p+1. The summed E-state index contributed by atoms with van der Waals surface area (Å²) in [5, 5.41) is 42.1. The zero-order valence-electron chi connectivity index (χ0n) is 15.9. The van der Waals surface area contributed by atoms with E-state index >= 15 is 0 Å². The molecule has 8 heteroatoms. The molecular formula is C21H25N2O6+. The molecule has 0 bridgehead atoms. The van der Waals surface area contributed by atoms with Crippen LogP contribution in [0.3, 0.4) is 0 Å². The molecular weight excluding hydrogens is 376 g/mol. The summed E-state index contributed by atoms with van der Waals surface area (Å²) >= 11 is 0. The van der Waals surface area contributed by atoms with Crippen LogP contribution in [0.1, 0.15) is 38.3 Å². The number of carbonyl (C=O) groups is 2. The summed E-state index contributed by atoms with van der Waals surface area (Å²) in [6, 6.07) is 7.57. The molecule has 29 heavy (non-hydrogen) atoms. The van der Waals surface area contributed by atoms with Crippen LogP contribution in [0.25, 0.3) is 0 Å². The van der Waals surface area contributed by atoms with E-state index < -0.39 is 11.6 Å². The molecule has 154 valence electrons. The van der Waals surface area contributed by atoms with Gasteiger partial charge in [0.1, 0.15) is 18.8 Å². The Morgan fingerprint density at radius 1 is 0.862 bits per heavy atom. The highest BCUT2D eigenvalue weighted by atomic mass is 16.3. The lowest BCUT2D eigenvalue weighted by Gasteiger charge is -2.21. The van der Waals surface area contributed by atoms with E-state index in [1.807, 2.05) is 0 Å². The molecule has 0 aromatic heterocycles. The molecule has 8 nitrogen and oxygen atoms in total. The Bertz CT molecular complexity index is 922. The van der Waals surface area contributed by atoms with Crippen LogP contribution in [0, 0.1) is 0 Å². The van der Waals surface area contributed by atoms with E-state index in [0.29, 0.717) is 32.6 Å². The molecule has 0 heterocycles. The number of phenolic OH excluding ortho intramolecular Hbond substituents is 2. The zero-order chi connectivity index (χ0) is 21.0. The average molecular weight is 401 g/mol. The Morgan fingerprint density at radius 3 is 2.03 bits per heavy atom. The van der Waals surface area contributed by atoms with E-state index in [-0.39, 0.29) is 52.7 Å². The van der Waals surface area contributed by atoms with Gasteiger partial charge in [0.15, 0.2) is 17.3 Å². The summed E-state index contributed by atoms with van der Waals surface area (Å²) in [4.78, 5) is 26.6. The maximum absolute atomic E-state index is 12.8. The molecule has 2 aromatic carbocycles. The molecule has 0 radical (unpaired) electrons. The van der Waals surface area contributed by atoms with Crippen LogP contribution in [0.4, 0.5) is 5.69 Å². The molecule has 1 aliphatic carbocycles. The van der Waals surface area contributed by atoms with E-state index in [1.54, 1.807) is 12.1 Å². The second-order valence-corrected chi connectivity index (χ2v) is 6.97. The van der Waals surface area contributed by atoms with Crippen LogP contribution in [0.5, 0.6) is 11.5 Å². The molecule has 0 atom stereocenters. The van der Waals surface area contributed by atoms with Gasteiger partial charge in [-0.25, -0.2) is 0 Å². The molecule has 0 amide bonds. The minimum atomic E-state index is -0.506. The Labute approximate surface area is 168 Å². The number of hydrogen-bond donors (Lipinski definition) is 6. The lowest BCUT2D eigenvalue weighted by Crippen LogP contribution is -3.13. The lowest BCUT2D eigenvalue weighted by atomic mass is 9.82. The zero-order valence-corrected chi connectivity index (χ0v) is 15.9. The summed E-state index contributed by atoms with van der Waals surface area (Å²) in [6.45, 7) is 2.24. The number of rotatable bonds is 9. The third-order valence-electron chi connectivity index (χ3n) is 5.10. The number of anilines is 1. The third kappa shape index (κ3) is 4.09. The number of hydrogen-bond acceptors (Lipinski definition) is 7. The molecule has 0 saturated carbocycles. The fraction of sp³-hybridized carbons (Fsp3) is 0.333. The topological polar surface area (TPSA) is 132 Å². The summed E-state index contributed by atoms with van der Waals surface area (Å²) in [5.74, 6) is -1.73. The minimum Gasteiger partial charge on any atom is -0.507 e. The summed E-state index contributed by atoms with van der Waals surface area (Å²) in [7, 11) is 0. The van der Waals surface area contributed by atoms with Gasteiger partial charge in [-0.15, -0.1) is 0 Å². The number of aliphatic hydroxyl groups is 2. The van der Waals surface area contributed by atoms with Crippen LogP contribution >= 0.6 is 0 Å². The van der Waals surface area contributed by atoms with Crippen molar-refractivity contribution in [2.75, 3.05) is 44.7 Å². The van der Waals surface area contributed by atoms with Gasteiger partial charge in [-0.2, -0.15) is 0 Å².